The number of aromatic amines is 1. The average molecular weight is 423 g/mol. The van der Waals surface area contributed by atoms with Crippen LogP contribution in [0.15, 0.2) is 42.6 Å². The molecule has 3 aromatic rings. The van der Waals surface area contributed by atoms with E-state index in [1.54, 1.807) is 13.2 Å². The minimum Gasteiger partial charge on any atom is -0.494 e. The van der Waals surface area contributed by atoms with Crippen LogP contribution in [0, 0.1) is 11.7 Å². The first-order valence-corrected chi connectivity index (χ1v) is 11.5. The Bertz CT molecular complexity index is 1040. The average Bonchev–Trinajstić information content (AvgIpc) is 3.22. The molecule has 5 heteroatoms. The molecule has 0 radical (unpaired) electrons. The lowest BCUT2D eigenvalue weighted by Gasteiger charge is -2.40. The maximum absolute atomic E-state index is 14.7. The highest BCUT2D eigenvalue weighted by molar-refractivity contribution is 5.83. The summed E-state index contributed by atoms with van der Waals surface area (Å²) in [5.41, 5.74) is 4.88. The first-order chi connectivity index (χ1) is 15.2. The maximum atomic E-state index is 14.7. The van der Waals surface area contributed by atoms with Crippen molar-refractivity contribution in [2.45, 2.75) is 38.1 Å². The van der Waals surface area contributed by atoms with E-state index in [9.17, 15) is 4.39 Å². The summed E-state index contributed by atoms with van der Waals surface area (Å²) in [5, 5.41) is 1.29. The fraction of sp³-hybridized carbons (Fsp3) is 0.462. The number of nitrogens with zero attached hydrogens (tertiary/aromatic N) is 1. The fourth-order valence-electron chi connectivity index (χ4n) is 5.36. The Morgan fingerprint density at radius 2 is 2.03 bits per heavy atom. The predicted molar refractivity (Wildman–Crippen MR) is 121 cm³/mol. The van der Waals surface area contributed by atoms with Crippen LogP contribution in [0.25, 0.3) is 10.9 Å². The molecular formula is C26H31FN2O2. The smallest absolute Gasteiger partial charge is 0.165 e. The first kappa shape index (κ1) is 20.5. The molecule has 3 heterocycles. The minimum atomic E-state index is -0.258. The second kappa shape index (κ2) is 9.01. The van der Waals surface area contributed by atoms with E-state index in [-0.39, 0.29) is 11.9 Å². The maximum Gasteiger partial charge on any atom is 0.165 e. The summed E-state index contributed by atoms with van der Waals surface area (Å²) < 4.78 is 25.5. The zero-order valence-electron chi connectivity index (χ0n) is 18.2. The summed E-state index contributed by atoms with van der Waals surface area (Å²) in [7, 11) is 1.54. The third kappa shape index (κ3) is 4.21. The van der Waals surface area contributed by atoms with Gasteiger partial charge in [0.1, 0.15) is 0 Å². The molecule has 1 fully saturated rings. The van der Waals surface area contributed by atoms with E-state index in [1.807, 2.05) is 6.07 Å². The van der Waals surface area contributed by atoms with Crippen molar-refractivity contribution in [3.8, 4) is 5.75 Å². The standard InChI is InChI=1S/C26H31FN2O2/c1-30-26-14-19-8-11-29(17-18-9-12-31-13-10-18)25(22(19)15-23(26)27)7-6-20-16-28-24-5-3-2-4-21(20)24/h2-5,14-16,18,25,28H,6-13,17H2,1H3. The molecule has 0 amide bonds. The highest BCUT2D eigenvalue weighted by Gasteiger charge is 2.31. The molecule has 0 bridgehead atoms. The second-order valence-electron chi connectivity index (χ2n) is 8.90. The van der Waals surface area contributed by atoms with Gasteiger partial charge in [-0.05, 0) is 72.9 Å². The van der Waals surface area contributed by atoms with Gasteiger partial charge in [-0.15, -0.1) is 0 Å². The van der Waals surface area contributed by atoms with Crippen molar-refractivity contribution < 1.29 is 13.9 Å². The number of aromatic nitrogens is 1. The number of nitrogens with one attached hydrogen (secondary N) is 1. The molecule has 0 aliphatic carbocycles. The fourth-order valence-corrected chi connectivity index (χ4v) is 5.36. The summed E-state index contributed by atoms with van der Waals surface area (Å²) in [5.74, 6) is 0.757. The van der Waals surface area contributed by atoms with Crippen LogP contribution in [-0.4, -0.2) is 43.3 Å². The molecule has 2 aromatic carbocycles. The molecule has 5 rings (SSSR count). The van der Waals surface area contributed by atoms with Crippen molar-refractivity contribution in [3.63, 3.8) is 0 Å². The van der Waals surface area contributed by atoms with Gasteiger partial charge in [-0.25, -0.2) is 4.39 Å². The quantitative estimate of drug-likeness (QED) is 0.588. The van der Waals surface area contributed by atoms with Crippen molar-refractivity contribution in [1.29, 1.82) is 0 Å². The van der Waals surface area contributed by atoms with E-state index in [0.29, 0.717) is 11.7 Å². The van der Waals surface area contributed by atoms with Gasteiger partial charge in [0.05, 0.1) is 7.11 Å². The molecule has 164 valence electrons. The van der Waals surface area contributed by atoms with Crippen molar-refractivity contribution >= 4 is 10.9 Å². The first-order valence-electron chi connectivity index (χ1n) is 11.5. The summed E-state index contributed by atoms with van der Waals surface area (Å²) in [4.78, 5) is 5.99. The van der Waals surface area contributed by atoms with Crippen LogP contribution in [0.2, 0.25) is 0 Å². The van der Waals surface area contributed by atoms with Crippen molar-refractivity contribution in [1.82, 2.24) is 9.88 Å². The number of aryl methyl sites for hydroxylation is 1. The Kier molecular flexibility index (Phi) is 5.97. The minimum absolute atomic E-state index is 0.223. The number of ether oxygens (including phenoxy) is 2. The number of hydrogen-bond donors (Lipinski definition) is 1. The van der Waals surface area contributed by atoms with E-state index >= 15 is 0 Å². The van der Waals surface area contributed by atoms with Gasteiger partial charge in [0.25, 0.3) is 0 Å². The Labute approximate surface area is 183 Å². The topological polar surface area (TPSA) is 37.5 Å². The molecule has 0 spiro atoms. The monoisotopic (exact) mass is 422 g/mol. The van der Waals surface area contributed by atoms with Gasteiger partial charge in [0.2, 0.25) is 0 Å². The summed E-state index contributed by atoms with van der Waals surface area (Å²) in [6.45, 7) is 3.80. The van der Waals surface area contributed by atoms with E-state index in [2.05, 4.69) is 40.3 Å². The Hall–Kier alpha value is -2.37. The van der Waals surface area contributed by atoms with E-state index < -0.39 is 0 Å². The largest absolute Gasteiger partial charge is 0.494 e. The Balaban J connectivity index is 1.42. The number of benzene rings is 2. The Morgan fingerprint density at radius 1 is 1.19 bits per heavy atom. The molecule has 0 saturated carbocycles. The zero-order chi connectivity index (χ0) is 21.2. The number of para-hydroxylation sites is 1. The molecule has 1 N–H and O–H groups in total. The van der Waals surface area contributed by atoms with Crippen LogP contribution in [-0.2, 0) is 17.6 Å². The van der Waals surface area contributed by atoms with Gasteiger partial charge in [-0.2, -0.15) is 0 Å². The van der Waals surface area contributed by atoms with Crippen molar-refractivity contribution in [2.24, 2.45) is 5.92 Å². The van der Waals surface area contributed by atoms with Gasteiger partial charge in [0.15, 0.2) is 11.6 Å². The lowest BCUT2D eigenvalue weighted by atomic mass is 9.87. The normalized spacial score (nSPS) is 20.1. The van der Waals surface area contributed by atoms with E-state index in [0.717, 1.165) is 64.0 Å². The van der Waals surface area contributed by atoms with Gasteiger partial charge in [-0.3, -0.25) is 4.90 Å². The lowest BCUT2D eigenvalue weighted by Crippen LogP contribution is -2.40. The van der Waals surface area contributed by atoms with Crippen LogP contribution in [0.1, 0.15) is 42.0 Å². The van der Waals surface area contributed by atoms with Gasteiger partial charge < -0.3 is 14.5 Å². The van der Waals surface area contributed by atoms with Gasteiger partial charge in [-0.1, -0.05) is 18.2 Å². The van der Waals surface area contributed by atoms with Crippen LogP contribution >= 0.6 is 0 Å². The summed E-state index contributed by atoms with van der Waals surface area (Å²) in [6.07, 6.45) is 7.26. The highest BCUT2D eigenvalue weighted by Crippen LogP contribution is 2.38. The Morgan fingerprint density at radius 3 is 2.87 bits per heavy atom. The number of fused-ring (bicyclic) bond motifs is 2. The van der Waals surface area contributed by atoms with Crippen LogP contribution in [0.5, 0.6) is 5.75 Å². The number of halogens is 1. The number of rotatable bonds is 6. The van der Waals surface area contributed by atoms with Crippen molar-refractivity contribution in [2.75, 3.05) is 33.4 Å². The second-order valence-corrected chi connectivity index (χ2v) is 8.90. The molecule has 31 heavy (non-hydrogen) atoms. The van der Waals surface area contributed by atoms with Crippen LogP contribution in [0.4, 0.5) is 4.39 Å². The number of hydrogen-bond acceptors (Lipinski definition) is 3. The molecule has 2 aliphatic rings. The summed E-state index contributed by atoms with van der Waals surface area (Å²) >= 11 is 0. The van der Waals surface area contributed by atoms with Crippen LogP contribution < -0.4 is 4.74 Å². The van der Waals surface area contributed by atoms with Crippen molar-refractivity contribution in [3.05, 3.63) is 65.1 Å². The molecule has 1 atom stereocenters. The molecule has 1 unspecified atom stereocenters. The van der Waals surface area contributed by atoms with Gasteiger partial charge in [0, 0.05) is 49.4 Å². The molecular weight excluding hydrogens is 391 g/mol. The molecule has 4 nitrogen and oxygen atoms in total. The third-order valence-electron chi connectivity index (χ3n) is 7.08. The van der Waals surface area contributed by atoms with Crippen LogP contribution in [0.3, 0.4) is 0 Å². The molecule has 1 aromatic heterocycles. The predicted octanol–water partition coefficient (Wildman–Crippen LogP) is 5.27. The summed E-state index contributed by atoms with van der Waals surface area (Å²) in [6, 6.07) is 12.3. The third-order valence-corrected chi connectivity index (χ3v) is 7.08. The SMILES string of the molecule is COc1cc2c(cc1F)C(CCc1c[nH]c3ccccc13)N(CC1CCOCC1)CC2. The zero-order valence-corrected chi connectivity index (χ0v) is 18.2. The highest BCUT2D eigenvalue weighted by atomic mass is 19.1. The van der Waals surface area contributed by atoms with Gasteiger partial charge >= 0.3 is 0 Å². The number of H-pyrrole nitrogens is 1. The lowest BCUT2D eigenvalue weighted by molar-refractivity contribution is 0.0423. The van der Waals surface area contributed by atoms with E-state index in [4.69, 9.17) is 9.47 Å². The molecule has 2 aliphatic heterocycles. The number of methoxy groups -OCH3 is 1. The molecule has 1 saturated heterocycles. The van der Waals surface area contributed by atoms with E-state index in [1.165, 1.54) is 22.0 Å².